The van der Waals surface area contributed by atoms with Gasteiger partial charge in [-0.05, 0) is 11.6 Å². The molecule has 0 radical (unpaired) electrons. The van der Waals surface area contributed by atoms with E-state index in [9.17, 15) is 4.79 Å². The van der Waals surface area contributed by atoms with E-state index < -0.39 is 0 Å². The van der Waals surface area contributed by atoms with Crippen molar-refractivity contribution in [3.8, 4) is 11.5 Å². The van der Waals surface area contributed by atoms with Crippen molar-refractivity contribution in [2.45, 2.75) is 12.6 Å². The highest BCUT2D eigenvalue weighted by atomic mass is 32.2. The summed E-state index contributed by atoms with van der Waals surface area (Å²) in [4.78, 5) is 19.2. The average molecular weight is 354 g/mol. The lowest BCUT2D eigenvalue weighted by Gasteiger charge is -2.19. The monoisotopic (exact) mass is 354 g/mol. The van der Waals surface area contributed by atoms with Gasteiger partial charge in [0.15, 0.2) is 11.5 Å². The highest BCUT2D eigenvalue weighted by Gasteiger charge is 2.33. The highest BCUT2D eigenvalue weighted by Crippen LogP contribution is 2.38. The molecule has 4 rings (SSSR count). The minimum atomic E-state index is -0.00425. The third kappa shape index (κ3) is 3.09. The second-order valence-corrected chi connectivity index (χ2v) is 6.91. The van der Waals surface area contributed by atoms with Crippen molar-refractivity contribution < 1.29 is 14.3 Å². The number of thioether (sulfide) groups is 1. The number of methoxy groups -OCH3 is 1. The summed E-state index contributed by atoms with van der Waals surface area (Å²) in [5, 5.41) is 0. The molecule has 1 saturated heterocycles. The maximum absolute atomic E-state index is 12.8. The maximum Gasteiger partial charge on any atom is 0.257 e. The van der Waals surface area contributed by atoms with Crippen LogP contribution in [0.15, 0.2) is 47.5 Å². The van der Waals surface area contributed by atoms with E-state index >= 15 is 0 Å². The minimum Gasteiger partial charge on any atom is -0.493 e. The quantitative estimate of drug-likeness (QED) is 0.843. The van der Waals surface area contributed by atoms with Gasteiger partial charge in [-0.3, -0.25) is 9.79 Å². The number of benzene rings is 2. The van der Waals surface area contributed by atoms with Crippen LogP contribution < -0.4 is 9.47 Å². The lowest BCUT2D eigenvalue weighted by atomic mass is 10.1. The molecule has 6 heteroatoms. The molecular weight excluding hydrogens is 336 g/mol. The van der Waals surface area contributed by atoms with Crippen molar-refractivity contribution in [1.82, 2.24) is 4.90 Å². The van der Waals surface area contributed by atoms with E-state index in [2.05, 4.69) is 4.99 Å². The molecule has 1 amide bonds. The molecule has 5 nitrogen and oxygen atoms in total. The molecular formula is C19H18N2O3S. The van der Waals surface area contributed by atoms with Crippen molar-refractivity contribution >= 4 is 29.6 Å². The lowest BCUT2D eigenvalue weighted by Crippen LogP contribution is -2.36. The lowest BCUT2D eigenvalue weighted by molar-refractivity contribution is 0.0784. The SMILES string of the molecule is COc1cc2c(cc1OCc1ccccc1)N=CC1CSCN1C2=O. The second kappa shape index (κ2) is 6.80. The molecule has 2 aliphatic rings. The standard InChI is InChI=1S/C19H18N2O3S/c1-23-17-7-15-16(20-9-14-11-25-12-21(14)19(15)22)8-18(17)24-10-13-5-3-2-4-6-13/h2-9,14H,10-12H2,1H3. The first-order valence-electron chi connectivity index (χ1n) is 8.08. The number of ether oxygens (including phenoxy) is 2. The molecule has 128 valence electrons. The predicted molar refractivity (Wildman–Crippen MR) is 99.2 cm³/mol. The second-order valence-electron chi connectivity index (χ2n) is 5.91. The van der Waals surface area contributed by atoms with Gasteiger partial charge in [0.2, 0.25) is 0 Å². The van der Waals surface area contributed by atoms with E-state index in [1.165, 1.54) is 0 Å². The molecule has 0 saturated carbocycles. The van der Waals surface area contributed by atoms with Gasteiger partial charge >= 0.3 is 0 Å². The number of hydrogen-bond donors (Lipinski definition) is 0. The summed E-state index contributed by atoms with van der Waals surface area (Å²) in [6, 6.07) is 13.5. The van der Waals surface area contributed by atoms with Crippen LogP contribution in [0.2, 0.25) is 0 Å². The third-order valence-corrected chi connectivity index (χ3v) is 5.35. The summed E-state index contributed by atoms with van der Waals surface area (Å²) in [6.45, 7) is 0.430. The predicted octanol–water partition coefficient (Wildman–Crippen LogP) is 3.51. The molecule has 25 heavy (non-hydrogen) atoms. The maximum atomic E-state index is 12.8. The van der Waals surface area contributed by atoms with Crippen LogP contribution in [0, 0.1) is 0 Å². The summed E-state index contributed by atoms with van der Waals surface area (Å²) in [5.41, 5.74) is 2.26. The number of aliphatic imine (C=N–C) groups is 1. The Bertz CT molecular complexity index is 823. The molecule has 1 fully saturated rings. The number of carbonyl (C=O) groups is 1. The summed E-state index contributed by atoms with van der Waals surface area (Å²) in [5.74, 6) is 2.71. The normalized spacial score (nSPS) is 18.5. The van der Waals surface area contributed by atoms with E-state index in [0.717, 1.165) is 11.3 Å². The van der Waals surface area contributed by atoms with Gasteiger partial charge in [0.25, 0.3) is 5.91 Å². The van der Waals surface area contributed by atoms with Crippen LogP contribution in [0.3, 0.4) is 0 Å². The van der Waals surface area contributed by atoms with Crippen molar-refractivity contribution in [2.75, 3.05) is 18.7 Å². The number of rotatable bonds is 4. The zero-order valence-electron chi connectivity index (χ0n) is 13.8. The van der Waals surface area contributed by atoms with E-state index in [1.54, 1.807) is 31.0 Å². The Hall–Kier alpha value is -2.47. The number of hydrogen-bond acceptors (Lipinski definition) is 5. The largest absolute Gasteiger partial charge is 0.493 e. The number of carbonyl (C=O) groups excluding carboxylic acids is 1. The summed E-state index contributed by atoms with van der Waals surface area (Å²) >= 11 is 1.74. The van der Waals surface area contributed by atoms with Crippen LogP contribution in [-0.4, -0.2) is 41.8 Å². The van der Waals surface area contributed by atoms with Gasteiger partial charge in [0.05, 0.1) is 30.3 Å². The molecule has 0 bridgehead atoms. The molecule has 0 spiro atoms. The smallest absolute Gasteiger partial charge is 0.257 e. The van der Waals surface area contributed by atoms with Crippen LogP contribution in [0.4, 0.5) is 5.69 Å². The van der Waals surface area contributed by atoms with Gasteiger partial charge in [-0.1, -0.05) is 30.3 Å². The highest BCUT2D eigenvalue weighted by molar-refractivity contribution is 7.99. The van der Waals surface area contributed by atoms with Crippen molar-refractivity contribution in [1.29, 1.82) is 0 Å². The van der Waals surface area contributed by atoms with Crippen LogP contribution in [-0.2, 0) is 6.61 Å². The Labute approximate surface area is 150 Å². The Morgan fingerprint density at radius 3 is 2.88 bits per heavy atom. The average Bonchev–Trinajstić information content (AvgIpc) is 3.08. The molecule has 0 aliphatic carbocycles. The fourth-order valence-corrected chi connectivity index (χ4v) is 4.06. The summed E-state index contributed by atoms with van der Waals surface area (Å²) < 4.78 is 11.4. The molecule has 0 N–H and O–H groups in total. The summed E-state index contributed by atoms with van der Waals surface area (Å²) in [7, 11) is 1.58. The molecule has 2 aromatic rings. The Morgan fingerprint density at radius 1 is 1.24 bits per heavy atom. The zero-order valence-corrected chi connectivity index (χ0v) is 14.7. The van der Waals surface area contributed by atoms with Gasteiger partial charge in [0, 0.05) is 18.0 Å². The topological polar surface area (TPSA) is 51.1 Å². The van der Waals surface area contributed by atoms with Crippen molar-refractivity contribution in [3.05, 3.63) is 53.6 Å². The first kappa shape index (κ1) is 16.0. The van der Waals surface area contributed by atoms with Crippen LogP contribution in [0.5, 0.6) is 11.5 Å². The van der Waals surface area contributed by atoms with Crippen molar-refractivity contribution in [3.63, 3.8) is 0 Å². The van der Waals surface area contributed by atoms with Gasteiger partial charge in [0.1, 0.15) is 6.61 Å². The zero-order chi connectivity index (χ0) is 17.2. The van der Waals surface area contributed by atoms with Gasteiger partial charge in [-0.25, -0.2) is 0 Å². The third-order valence-electron chi connectivity index (χ3n) is 4.32. The van der Waals surface area contributed by atoms with Gasteiger partial charge in [-0.15, -0.1) is 11.8 Å². The Balaban J connectivity index is 1.65. The molecule has 0 aromatic heterocycles. The van der Waals surface area contributed by atoms with E-state index in [4.69, 9.17) is 9.47 Å². The number of nitrogens with zero attached hydrogens (tertiary/aromatic N) is 2. The molecule has 1 unspecified atom stereocenters. The number of amides is 1. The van der Waals surface area contributed by atoms with E-state index in [-0.39, 0.29) is 11.9 Å². The van der Waals surface area contributed by atoms with E-state index in [0.29, 0.717) is 35.2 Å². The number of fused-ring (bicyclic) bond motifs is 2. The molecule has 2 heterocycles. The van der Waals surface area contributed by atoms with Gasteiger partial charge < -0.3 is 14.4 Å². The first-order valence-corrected chi connectivity index (χ1v) is 9.23. The fraction of sp³-hybridized carbons (Fsp3) is 0.263. The molecule has 2 aromatic carbocycles. The molecule has 1 atom stereocenters. The first-order chi connectivity index (χ1) is 12.3. The molecule has 2 aliphatic heterocycles. The van der Waals surface area contributed by atoms with Crippen LogP contribution in [0.1, 0.15) is 15.9 Å². The van der Waals surface area contributed by atoms with Gasteiger partial charge in [-0.2, -0.15) is 0 Å². The Morgan fingerprint density at radius 2 is 2.08 bits per heavy atom. The van der Waals surface area contributed by atoms with E-state index in [1.807, 2.05) is 41.4 Å². The van der Waals surface area contributed by atoms with Crippen LogP contribution in [0.25, 0.3) is 0 Å². The van der Waals surface area contributed by atoms with Crippen LogP contribution >= 0.6 is 11.8 Å². The fourth-order valence-electron chi connectivity index (χ4n) is 2.95. The Kier molecular flexibility index (Phi) is 4.36. The van der Waals surface area contributed by atoms with Crippen molar-refractivity contribution in [2.24, 2.45) is 4.99 Å². The summed E-state index contributed by atoms with van der Waals surface area (Å²) in [6.07, 6.45) is 1.86. The minimum absolute atomic E-state index is 0.00425.